The zero-order valence-corrected chi connectivity index (χ0v) is 36.2. The minimum Gasteiger partial charge on any atom is -0.489 e. The van der Waals surface area contributed by atoms with Crippen LogP contribution in [0.3, 0.4) is 0 Å². The quantitative estimate of drug-likeness (QED) is 0.198. The number of benzene rings is 3. The van der Waals surface area contributed by atoms with Gasteiger partial charge in [0.1, 0.15) is 24.0 Å². The first-order valence-electron chi connectivity index (χ1n) is 21.2. The molecule has 1 atom stereocenters. The van der Waals surface area contributed by atoms with E-state index < -0.39 is 11.9 Å². The average molecular weight is 848 g/mol. The Bertz CT molecular complexity index is 2390. The topological polar surface area (TPSA) is 158 Å². The van der Waals surface area contributed by atoms with Gasteiger partial charge in [0.15, 0.2) is 5.82 Å². The van der Waals surface area contributed by atoms with Crippen LogP contribution in [0.4, 0.5) is 11.4 Å². The number of aromatic nitrogens is 3. The number of hydrogen-bond donors (Lipinski definition) is 2. The normalized spacial score (nSPS) is 22.9. The van der Waals surface area contributed by atoms with Crippen LogP contribution in [0.1, 0.15) is 75.3 Å². The van der Waals surface area contributed by atoms with Gasteiger partial charge in [-0.1, -0.05) is 39.3 Å². The van der Waals surface area contributed by atoms with E-state index in [4.69, 9.17) is 16.3 Å². The molecule has 3 aliphatic heterocycles. The van der Waals surface area contributed by atoms with Crippen LogP contribution in [0.2, 0.25) is 5.02 Å². The lowest BCUT2D eigenvalue weighted by atomic mass is 9.49. The molecule has 4 fully saturated rings. The van der Waals surface area contributed by atoms with Crippen molar-refractivity contribution < 1.29 is 19.1 Å². The number of nitrogens with one attached hydrogen (secondary N) is 2. The largest absolute Gasteiger partial charge is 0.489 e. The van der Waals surface area contributed by atoms with Crippen molar-refractivity contribution in [3.05, 3.63) is 93.4 Å². The Kier molecular flexibility index (Phi) is 11.5. The summed E-state index contributed by atoms with van der Waals surface area (Å²) in [7, 11) is 1.65. The summed E-state index contributed by atoms with van der Waals surface area (Å²) >= 11 is 6.26. The fourth-order valence-electron chi connectivity index (χ4n) is 10.2. The van der Waals surface area contributed by atoms with E-state index >= 15 is 0 Å². The fourth-order valence-corrected chi connectivity index (χ4v) is 10.4. The molecular formula is C46H54ClN9O5. The third-order valence-corrected chi connectivity index (χ3v) is 13.7. The van der Waals surface area contributed by atoms with Gasteiger partial charge in [-0.05, 0) is 85.8 Å². The summed E-state index contributed by atoms with van der Waals surface area (Å²) in [5.41, 5.74) is 3.01. The lowest BCUT2D eigenvalue weighted by molar-refractivity contribution is -0.164. The number of imide groups is 1. The summed E-state index contributed by atoms with van der Waals surface area (Å²) in [5, 5.41) is 19.7. The van der Waals surface area contributed by atoms with Crippen LogP contribution in [0.15, 0.2) is 71.5 Å². The zero-order valence-electron chi connectivity index (χ0n) is 35.5. The predicted octanol–water partition coefficient (Wildman–Crippen LogP) is 5.40. The number of nitrogens with zero attached hydrogens (tertiary/aromatic N) is 7. The number of piperazine rings is 1. The minimum atomic E-state index is -0.798. The summed E-state index contributed by atoms with van der Waals surface area (Å²) in [6.07, 6.45) is 2.50. The zero-order chi connectivity index (χ0) is 43.2. The molecule has 4 aliphatic rings. The Labute approximate surface area is 361 Å². The second-order valence-corrected chi connectivity index (χ2v) is 18.6. The second kappa shape index (κ2) is 16.7. The highest BCUT2D eigenvalue weighted by atomic mass is 35.5. The molecule has 0 spiro atoms. The summed E-state index contributed by atoms with van der Waals surface area (Å²) < 4.78 is 9.03. The Hall–Kier alpha value is -5.65. The van der Waals surface area contributed by atoms with Gasteiger partial charge in [0, 0.05) is 105 Å². The maximum atomic E-state index is 13.5. The molecule has 0 radical (unpaired) electrons. The SMILES string of the molecule is Cn1c(-c2ccc(N3CCN(CC4CCN(c5ccc(C(=O)N[C@H]6C(C)(C)[C@H](Oc7ccc(C#N)c(Cl)c7)C6(C)C)cc5)CC4)CC3)cc2)nn(C2CCC(=O)NC2=O)c1=O. The summed E-state index contributed by atoms with van der Waals surface area (Å²) in [6.45, 7) is 15.3. The molecule has 320 valence electrons. The van der Waals surface area contributed by atoms with Crippen LogP contribution in [0.5, 0.6) is 5.75 Å². The van der Waals surface area contributed by atoms with E-state index in [1.165, 1.54) is 9.25 Å². The van der Waals surface area contributed by atoms with Crippen molar-refractivity contribution >= 4 is 40.7 Å². The molecule has 1 saturated carbocycles. The lowest BCUT2D eigenvalue weighted by Gasteiger charge is -2.63. The van der Waals surface area contributed by atoms with E-state index in [9.17, 15) is 24.4 Å². The smallest absolute Gasteiger partial charge is 0.346 e. The molecule has 3 saturated heterocycles. The summed E-state index contributed by atoms with van der Waals surface area (Å²) in [5.74, 6) is 0.789. The van der Waals surface area contributed by atoms with Crippen molar-refractivity contribution in [2.75, 3.05) is 55.6 Å². The van der Waals surface area contributed by atoms with E-state index in [2.05, 4.69) is 88.5 Å². The maximum Gasteiger partial charge on any atom is 0.346 e. The van der Waals surface area contributed by atoms with Gasteiger partial charge in [-0.3, -0.25) is 29.2 Å². The number of carbonyl (C=O) groups excluding carboxylic acids is 3. The summed E-state index contributed by atoms with van der Waals surface area (Å²) in [6, 6.07) is 22.3. The second-order valence-electron chi connectivity index (χ2n) is 18.2. The monoisotopic (exact) mass is 847 g/mol. The third kappa shape index (κ3) is 8.25. The Balaban J connectivity index is 0.782. The third-order valence-electron chi connectivity index (χ3n) is 13.4. The molecule has 14 nitrogen and oxygen atoms in total. The van der Waals surface area contributed by atoms with Crippen molar-refractivity contribution in [1.29, 1.82) is 5.26 Å². The Morgan fingerprint density at radius 3 is 2.11 bits per heavy atom. The highest BCUT2D eigenvalue weighted by Crippen LogP contribution is 2.55. The molecule has 8 rings (SSSR count). The number of rotatable bonds is 10. The molecule has 1 unspecified atom stereocenters. The van der Waals surface area contributed by atoms with Crippen molar-refractivity contribution in [2.24, 2.45) is 23.8 Å². The Morgan fingerprint density at radius 2 is 1.51 bits per heavy atom. The van der Waals surface area contributed by atoms with Crippen molar-refractivity contribution in [1.82, 2.24) is 29.9 Å². The standard InChI is InChI=1S/C46H54ClN9O5/c1-45(2)42(46(3,4)43(45)61-35-15-10-32(27-48)36(47)26-35)50-40(58)31-8-13-33(14-9-31)54-20-18-29(19-21-54)28-53-22-24-55(25-23-53)34-11-6-30(7-12-34)39-51-56(44(60)52(39)5)37-16-17-38(57)49-41(37)59/h6-15,26,29,37,42-43H,16-25,28H2,1-5H3,(H,50,58)(H,49,57,59)/t37?,42-,43-. The number of piperidine rings is 2. The van der Waals surface area contributed by atoms with Crippen molar-refractivity contribution in [3.8, 4) is 23.2 Å². The van der Waals surface area contributed by atoms with Gasteiger partial charge in [0.05, 0.1) is 10.6 Å². The van der Waals surface area contributed by atoms with Gasteiger partial charge in [0.2, 0.25) is 5.91 Å². The van der Waals surface area contributed by atoms with E-state index in [0.29, 0.717) is 33.6 Å². The number of nitriles is 1. The van der Waals surface area contributed by atoms with Gasteiger partial charge in [0.25, 0.3) is 11.8 Å². The average Bonchev–Trinajstić information content (AvgIpc) is 3.54. The molecule has 1 aliphatic carbocycles. The summed E-state index contributed by atoms with van der Waals surface area (Å²) in [4.78, 5) is 57.9. The van der Waals surface area contributed by atoms with Gasteiger partial charge in [-0.15, -0.1) is 5.10 Å². The van der Waals surface area contributed by atoms with Crippen LogP contribution in [0.25, 0.3) is 11.4 Å². The number of ether oxygens (including phenoxy) is 1. The number of carbonyl (C=O) groups is 3. The molecule has 3 aromatic carbocycles. The van der Waals surface area contributed by atoms with E-state index in [1.807, 2.05) is 24.3 Å². The lowest BCUT2D eigenvalue weighted by Crippen LogP contribution is -2.74. The number of hydrogen-bond acceptors (Lipinski definition) is 10. The molecule has 4 heterocycles. The fraction of sp³-hybridized carbons (Fsp3) is 0.478. The molecule has 61 heavy (non-hydrogen) atoms. The number of amides is 3. The van der Waals surface area contributed by atoms with Crippen LogP contribution in [-0.4, -0.2) is 94.9 Å². The first kappa shape index (κ1) is 42.1. The van der Waals surface area contributed by atoms with E-state index in [0.717, 1.165) is 75.6 Å². The molecule has 3 amide bonds. The van der Waals surface area contributed by atoms with Crippen molar-refractivity contribution in [2.45, 2.75) is 71.6 Å². The molecule has 0 bridgehead atoms. The number of anilines is 2. The van der Waals surface area contributed by atoms with Crippen LogP contribution < -0.4 is 30.9 Å². The van der Waals surface area contributed by atoms with Gasteiger partial charge >= 0.3 is 5.69 Å². The molecule has 4 aromatic rings. The van der Waals surface area contributed by atoms with E-state index in [1.54, 1.807) is 25.2 Å². The highest BCUT2D eigenvalue weighted by molar-refractivity contribution is 6.31. The van der Waals surface area contributed by atoms with Crippen LogP contribution in [-0.2, 0) is 16.6 Å². The molecule has 1 aromatic heterocycles. The minimum absolute atomic E-state index is 0.0990. The maximum absolute atomic E-state index is 13.5. The van der Waals surface area contributed by atoms with Crippen LogP contribution >= 0.6 is 11.6 Å². The van der Waals surface area contributed by atoms with Gasteiger partial charge < -0.3 is 19.9 Å². The molecular weight excluding hydrogens is 794 g/mol. The van der Waals surface area contributed by atoms with Crippen LogP contribution in [0, 0.1) is 28.1 Å². The number of halogens is 1. The van der Waals surface area contributed by atoms with Gasteiger partial charge in [-0.25, -0.2) is 9.48 Å². The first-order chi connectivity index (χ1) is 29.1. The first-order valence-corrected chi connectivity index (χ1v) is 21.6. The Morgan fingerprint density at radius 1 is 0.885 bits per heavy atom. The van der Waals surface area contributed by atoms with E-state index in [-0.39, 0.29) is 53.3 Å². The predicted molar refractivity (Wildman–Crippen MR) is 234 cm³/mol. The molecule has 2 N–H and O–H groups in total. The van der Waals surface area contributed by atoms with Gasteiger partial charge in [-0.2, -0.15) is 5.26 Å². The van der Waals surface area contributed by atoms with Crippen molar-refractivity contribution in [3.63, 3.8) is 0 Å². The molecule has 15 heteroatoms. The highest BCUT2D eigenvalue weighted by Gasteiger charge is 2.64.